The van der Waals surface area contributed by atoms with Crippen molar-refractivity contribution in [3.8, 4) is 0 Å². The third-order valence-electron chi connectivity index (χ3n) is 9.87. The van der Waals surface area contributed by atoms with Gasteiger partial charge in [0.05, 0.1) is 19.8 Å². The zero-order valence-electron chi connectivity index (χ0n) is 33.3. The van der Waals surface area contributed by atoms with E-state index in [0.717, 1.165) is 38.5 Å². The number of aliphatic hydroxyl groups is 4. The number of aliphatic hydroxyl groups excluding tert-OH is 4. The lowest BCUT2D eigenvalue weighted by atomic mass is 9.99. The van der Waals surface area contributed by atoms with E-state index in [1.54, 1.807) is 0 Å². The van der Waals surface area contributed by atoms with Crippen LogP contribution in [0.3, 0.4) is 0 Å². The average molecular weight is 741 g/mol. The summed E-state index contributed by atoms with van der Waals surface area (Å²) < 4.78 is 22.7. The molecule has 1 heterocycles. The van der Waals surface area contributed by atoms with Gasteiger partial charge in [0.15, 0.2) is 6.29 Å². The summed E-state index contributed by atoms with van der Waals surface area (Å²) in [5.74, 6) is -0.317. The Labute approximate surface area is 317 Å². The second-order valence-corrected chi connectivity index (χ2v) is 14.8. The number of esters is 1. The molecule has 0 spiro atoms. The number of unbranched alkanes of at least 4 members (excludes halogenated alkanes) is 21. The zero-order chi connectivity index (χ0) is 37.9. The van der Waals surface area contributed by atoms with Crippen molar-refractivity contribution in [2.45, 2.75) is 218 Å². The van der Waals surface area contributed by atoms with Gasteiger partial charge in [-0.1, -0.05) is 154 Å². The monoisotopic (exact) mass is 741 g/mol. The highest BCUT2D eigenvalue weighted by Gasteiger charge is 2.44. The van der Waals surface area contributed by atoms with Crippen molar-refractivity contribution in [1.29, 1.82) is 0 Å². The molecule has 0 saturated carbocycles. The first-order chi connectivity index (χ1) is 25.4. The number of carbonyl (C=O) groups excluding carboxylic acids is 1. The molecule has 0 aromatic heterocycles. The van der Waals surface area contributed by atoms with E-state index < -0.39 is 43.4 Å². The Morgan fingerprint density at radius 2 is 1.12 bits per heavy atom. The topological polar surface area (TPSA) is 135 Å². The second kappa shape index (κ2) is 35.4. The molecule has 9 nitrogen and oxygen atoms in total. The van der Waals surface area contributed by atoms with Crippen molar-refractivity contribution in [2.75, 3.05) is 26.4 Å². The summed E-state index contributed by atoms with van der Waals surface area (Å²) in [5, 5.41) is 40.0. The van der Waals surface area contributed by atoms with Gasteiger partial charge in [-0.15, -0.1) is 0 Å². The lowest BCUT2D eigenvalue weighted by molar-refractivity contribution is -0.305. The largest absolute Gasteiger partial charge is 0.457 e. The molecule has 1 rings (SSSR count). The minimum Gasteiger partial charge on any atom is -0.457 e. The molecule has 0 aromatic rings. The molecule has 0 amide bonds. The van der Waals surface area contributed by atoms with Crippen LogP contribution in [0.1, 0.15) is 181 Å². The van der Waals surface area contributed by atoms with Crippen molar-refractivity contribution in [3.05, 3.63) is 24.3 Å². The van der Waals surface area contributed by atoms with E-state index in [-0.39, 0.29) is 19.2 Å². The van der Waals surface area contributed by atoms with Gasteiger partial charge in [0.25, 0.3) is 0 Å². The molecule has 52 heavy (non-hydrogen) atoms. The van der Waals surface area contributed by atoms with Gasteiger partial charge in [-0.3, -0.25) is 4.79 Å². The predicted octanol–water partition coefficient (Wildman–Crippen LogP) is 9.03. The summed E-state index contributed by atoms with van der Waals surface area (Å²) in [6.45, 7) is 4.52. The Kier molecular flexibility index (Phi) is 33.1. The van der Waals surface area contributed by atoms with Crippen LogP contribution in [0.2, 0.25) is 0 Å². The van der Waals surface area contributed by atoms with Gasteiger partial charge in [-0.25, -0.2) is 0 Å². The van der Waals surface area contributed by atoms with Crippen molar-refractivity contribution < 1.29 is 44.2 Å². The standard InChI is InChI=1S/C43H80O9/c1-3-5-7-9-11-13-15-16-17-18-19-20-21-22-23-25-27-29-31-33-49-35-37(36-50-43-42(48)41(47)40(46)38(34-44)52-43)51-39(45)32-30-28-26-24-14-12-10-8-6-4-2/h13,15,17-18,37-38,40-44,46-48H,3-12,14,16,19-36H2,1-2H3/b15-13-,18-17-. The smallest absolute Gasteiger partial charge is 0.306 e. The fourth-order valence-corrected chi connectivity index (χ4v) is 6.46. The number of rotatable bonds is 36. The van der Waals surface area contributed by atoms with E-state index in [2.05, 4.69) is 38.2 Å². The SMILES string of the molecule is CCCCCC/C=C\C/C=C\CCCCCCCCCCOCC(COC1OC(CO)C(O)C(O)C1O)OC(=O)CCCCCCCCCCCC. The van der Waals surface area contributed by atoms with Crippen LogP contribution in [-0.2, 0) is 23.7 Å². The van der Waals surface area contributed by atoms with Crippen LogP contribution in [0.25, 0.3) is 0 Å². The lowest BCUT2D eigenvalue weighted by Crippen LogP contribution is -2.59. The molecular formula is C43H80O9. The maximum Gasteiger partial charge on any atom is 0.306 e. The molecule has 6 atom stereocenters. The summed E-state index contributed by atoms with van der Waals surface area (Å²) in [7, 11) is 0. The van der Waals surface area contributed by atoms with E-state index in [1.165, 1.54) is 122 Å². The molecule has 9 heteroatoms. The number of carbonyl (C=O) groups is 1. The Morgan fingerprint density at radius 1 is 0.615 bits per heavy atom. The molecule has 0 aromatic carbocycles. The molecule has 0 bridgehead atoms. The van der Waals surface area contributed by atoms with Gasteiger partial charge in [-0.2, -0.15) is 0 Å². The van der Waals surface area contributed by atoms with Crippen molar-refractivity contribution in [2.24, 2.45) is 0 Å². The molecule has 1 saturated heterocycles. The number of allylic oxidation sites excluding steroid dienone is 4. The zero-order valence-corrected chi connectivity index (χ0v) is 33.3. The average Bonchev–Trinajstić information content (AvgIpc) is 3.14. The first-order valence-corrected chi connectivity index (χ1v) is 21.4. The summed E-state index contributed by atoms with van der Waals surface area (Å²) in [5.41, 5.74) is 0. The highest BCUT2D eigenvalue weighted by Crippen LogP contribution is 2.22. The molecule has 0 aliphatic carbocycles. The maximum absolute atomic E-state index is 12.7. The molecular weight excluding hydrogens is 660 g/mol. The van der Waals surface area contributed by atoms with Crippen LogP contribution in [0, 0.1) is 0 Å². The first-order valence-electron chi connectivity index (χ1n) is 21.4. The molecule has 306 valence electrons. The highest BCUT2D eigenvalue weighted by atomic mass is 16.7. The maximum atomic E-state index is 12.7. The van der Waals surface area contributed by atoms with Gasteiger partial charge in [0, 0.05) is 13.0 Å². The van der Waals surface area contributed by atoms with Gasteiger partial charge in [0.1, 0.15) is 30.5 Å². The van der Waals surface area contributed by atoms with E-state index in [9.17, 15) is 25.2 Å². The Balaban J connectivity index is 2.25. The van der Waals surface area contributed by atoms with Gasteiger partial charge in [0.2, 0.25) is 0 Å². The van der Waals surface area contributed by atoms with Crippen molar-refractivity contribution >= 4 is 5.97 Å². The Bertz CT molecular complexity index is 848. The summed E-state index contributed by atoms with van der Waals surface area (Å²) in [6, 6.07) is 0. The number of ether oxygens (including phenoxy) is 4. The summed E-state index contributed by atoms with van der Waals surface area (Å²) in [6.07, 6.45) is 32.0. The third kappa shape index (κ3) is 26.4. The second-order valence-electron chi connectivity index (χ2n) is 14.8. The number of hydrogen-bond acceptors (Lipinski definition) is 9. The molecule has 4 N–H and O–H groups in total. The summed E-state index contributed by atoms with van der Waals surface area (Å²) >= 11 is 0. The minimum atomic E-state index is -1.53. The van der Waals surface area contributed by atoms with Crippen LogP contribution >= 0.6 is 0 Å². The van der Waals surface area contributed by atoms with Crippen LogP contribution in [0.5, 0.6) is 0 Å². The number of hydrogen-bond donors (Lipinski definition) is 4. The Morgan fingerprint density at radius 3 is 1.67 bits per heavy atom. The minimum absolute atomic E-state index is 0.113. The van der Waals surface area contributed by atoms with Gasteiger partial charge in [-0.05, 0) is 44.9 Å². The lowest BCUT2D eigenvalue weighted by Gasteiger charge is -2.39. The van der Waals surface area contributed by atoms with Crippen molar-refractivity contribution in [1.82, 2.24) is 0 Å². The van der Waals surface area contributed by atoms with Crippen molar-refractivity contribution in [3.63, 3.8) is 0 Å². The van der Waals surface area contributed by atoms with E-state index >= 15 is 0 Å². The molecule has 1 aliphatic heterocycles. The molecule has 6 unspecified atom stereocenters. The Hall–Kier alpha value is -1.33. The normalized spacial score (nSPS) is 21.4. The van der Waals surface area contributed by atoms with Crippen LogP contribution in [0.15, 0.2) is 24.3 Å². The predicted molar refractivity (Wildman–Crippen MR) is 210 cm³/mol. The van der Waals surface area contributed by atoms with Crippen LogP contribution in [-0.4, -0.2) is 89.6 Å². The molecule has 0 radical (unpaired) electrons. The highest BCUT2D eigenvalue weighted by molar-refractivity contribution is 5.69. The van der Waals surface area contributed by atoms with E-state index in [1.807, 2.05) is 0 Å². The van der Waals surface area contributed by atoms with Gasteiger partial charge < -0.3 is 39.4 Å². The van der Waals surface area contributed by atoms with Gasteiger partial charge >= 0.3 is 5.97 Å². The molecule has 1 fully saturated rings. The van der Waals surface area contributed by atoms with E-state index in [0.29, 0.717) is 13.0 Å². The fourth-order valence-electron chi connectivity index (χ4n) is 6.46. The third-order valence-corrected chi connectivity index (χ3v) is 9.87. The van der Waals surface area contributed by atoms with Crippen LogP contribution < -0.4 is 0 Å². The molecule has 1 aliphatic rings. The summed E-state index contributed by atoms with van der Waals surface area (Å²) in [4.78, 5) is 12.7. The quantitative estimate of drug-likeness (QED) is 0.0282. The first kappa shape index (κ1) is 48.7. The van der Waals surface area contributed by atoms with Crippen LogP contribution in [0.4, 0.5) is 0 Å². The fraction of sp³-hybridized carbons (Fsp3) is 0.884. The van der Waals surface area contributed by atoms with E-state index in [4.69, 9.17) is 18.9 Å².